The maximum absolute atomic E-state index is 12.1. The van der Waals surface area contributed by atoms with Gasteiger partial charge in [-0.25, -0.2) is 0 Å². The largest absolute Gasteiger partial charge is 0.493 e. The summed E-state index contributed by atoms with van der Waals surface area (Å²) in [5.41, 5.74) is 1.54. The fourth-order valence-corrected chi connectivity index (χ4v) is 2.46. The number of methoxy groups -OCH3 is 2. The Balaban J connectivity index is 1.50. The molecule has 2 N–H and O–H groups in total. The number of rotatable bonds is 7. The lowest BCUT2D eigenvalue weighted by Crippen LogP contribution is -2.16. The number of anilines is 2. The molecule has 1 amide bonds. The number of ether oxygens (including phenoxy) is 4. The second-order valence-corrected chi connectivity index (χ2v) is 5.36. The molecule has 7 heteroatoms. The Bertz CT molecular complexity index is 763. The molecule has 0 radical (unpaired) electrons. The summed E-state index contributed by atoms with van der Waals surface area (Å²) in [6, 6.07) is 10.8. The molecule has 2 aromatic carbocycles. The van der Waals surface area contributed by atoms with Crippen LogP contribution in [0.5, 0.6) is 23.0 Å². The van der Waals surface area contributed by atoms with Crippen LogP contribution in [0.15, 0.2) is 36.4 Å². The molecule has 0 aromatic heterocycles. The number of carbonyl (C=O) groups is 1. The van der Waals surface area contributed by atoms with Crippen LogP contribution >= 0.6 is 0 Å². The van der Waals surface area contributed by atoms with Crippen LogP contribution in [0.4, 0.5) is 11.4 Å². The number of benzene rings is 2. The normalized spacial score (nSPS) is 11.8. The molecule has 132 valence electrons. The Morgan fingerprint density at radius 3 is 2.56 bits per heavy atom. The van der Waals surface area contributed by atoms with E-state index < -0.39 is 0 Å². The zero-order chi connectivity index (χ0) is 17.6. The van der Waals surface area contributed by atoms with Gasteiger partial charge in [0.15, 0.2) is 23.0 Å². The van der Waals surface area contributed by atoms with Crippen molar-refractivity contribution in [2.75, 3.05) is 38.2 Å². The number of carbonyl (C=O) groups excluding carboxylic acids is 1. The van der Waals surface area contributed by atoms with Crippen LogP contribution in [-0.2, 0) is 4.79 Å². The van der Waals surface area contributed by atoms with Crippen molar-refractivity contribution in [3.8, 4) is 23.0 Å². The van der Waals surface area contributed by atoms with E-state index >= 15 is 0 Å². The summed E-state index contributed by atoms with van der Waals surface area (Å²) < 4.78 is 21.0. The highest BCUT2D eigenvalue weighted by molar-refractivity contribution is 5.91. The van der Waals surface area contributed by atoms with Crippen LogP contribution in [0.2, 0.25) is 0 Å². The fourth-order valence-electron chi connectivity index (χ4n) is 2.46. The lowest BCUT2D eigenvalue weighted by Gasteiger charge is -2.11. The Morgan fingerprint density at radius 1 is 1.00 bits per heavy atom. The van der Waals surface area contributed by atoms with Crippen LogP contribution in [-0.4, -0.2) is 33.5 Å². The molecule has 1 aliphatic heterocycles. The number of amides is 1. The Labute approximate surface area is 145 Å². The van der Waals surface area contributed by atoms with Crippen molar-refractivity contribution < 1.29 is 23.7 Å². The lowest BCUT2D eigenvalue weighted by molar-refractivity contribution is -0.115. The van der Waals surface area contributed by atoms with E-state index in [1.165, 1.54) is 0 Å². The molecule has 1 heterocycles. The summed E-state index contributed by atoms with van der Waals surface area (Å²) >= 11 is 0. The lowest BCUT2D eigenvalue weighted by atomic mass is 10.2. The monoisotopic (exact) mass is 344 g/mol. The summed E-state index contributed by atoms with van der Waals surface area (Å²) in [5.74, 6) is 2.53. The molecule has 0 saturated carbocycles. The van der Waals surface area contributed by atoms with Gasteiger partial charge in [0.25, 0.3) is 0 Å². The third-order valence-electron chi connectivity index (χ3n) is 3.72. The van der Waals surface area contributed by atoms with Gasteiger partial charge in [-0.2, -0.15) is 0 Å². The van der Waals surface area contributed by atoms with Gasteiger partial charge in [0.2, 0.25) is 12.7 Å². The molecule has 0 spiro atoms. The molecule has 1 aliphatic rings. The standard InChI is InChI=1S/C18H20N2O5/c1-22-14-5-4-13(10-16(14)23-2)20-18(21)7-8-19-12-3-6-15-17(9-12)25-11-24-15/h3-6,9-10,19H,7-8,11H2,1-2H3,(H,20,21). The Hall–Kier alpha value is -3.09. The van der Waals surface area contributed by atoms with Crippen LogP contribution in [0.1, 0.15) is 6.42 Å². The van der Waals surface area contributed by atoms with E-state index in [2.05, 4.69) is 10.6 Å². The topological polar surface area (TPSA) is 78.1 Å². The average molecular weight is 344 g/mol. The van der Waals surface area contributed by atoms with Gasteiger partial charge in [-0.15, -0.1) is 0 Å². The second-order valence-electron chi connectivity index (χ2n) is 5.36. The third-order valence-corrected chi connectivity index (χ3v) is 3.72. The minimum atomic E-state index is -0.0968. The van der Waals surface area contributed by atoms with Crippen molar-refractivity contribution in [3.05, 3.63) is 36.4 Å². The van der Waals surface area contributed by atoms with Crippen LogP contribution < -0.4 is 29.6 Å². The summed E-state index contributed by atoms with van der Waals surface area (Å²) in [7, 11) is 3.12. The first-order chi connectivity index (χ1) is 12.2. The molecule has 0 bridgehead atoms. The molecule has 0 saturated heterocycles. The highest BCUT2D eigenvalue weighted by Crippen LogP contribution is 2.34. The van der Waals surface area contributed by atoms with Crippen molar-refractivity contribution in [3.63, 3.8) is 0 Å². The summed E-state index contributed by atoms with van der Waals surface area (Å²) in [4.78, 5) is 12.1. The van der Waals surface area contributed by atoms with Crippen LogP contribution in [0, 0.1) is 0 Å². The highest BCUT2D eigenvalue weighted by atomic mass is 16.7. The van der Waals surface area contributed by atoms with Gasteiger partial charge in [0.05, 0.1) is 14.2 Å². The van der Waals surface area contributed by atoms with Crippen molar-refractivity contribution in [1.82, 2.24) is 0 Å². The predicted octanol–water partition coefficient (Wildman–Crippen LogP) is 2.87. The molecule has 0 unspecified atom stereocenters. The zero-order valence-corrected chi connectivity index (χ0v) is 14.1. The van der Waals surface area contributed by atoms with E-state index in [1.54, 1.807) is 32.4 Å². The highest BCUT2D eigenvalue weighted by Gasteiger charge is 2.13. The van der Waals surface area contributed by atoms with Gasteiger partial charge >= 0.3 is 0 Å². The fraction of sp³-hybridized carbons (Fsp3) is 0.278. The molecular weight excluding hydrogens is 324 g/mol. The summed E-state index contributed by atoms with van der Waals surface area (Å²) in [6.45, 7) is 0.741. The molecule has 2 aromatic rings. The molecule has 0 atom stereocenters. The average Bonchev–Trinajstić information content (AvgIpc) is 3.09. The minimum Gasteiger partial charge on any atom is -0.493 e. The smallest absolute Gasteiger partial charge is 0.231 e. The van der Waals surface area contributed by atoms with Crippen LogP contribution in [0.25, 0.3) is 0 Å². The van der Waals surface area contributed by atoms with E-state index in [1.807, 2.05) is 18.2 Å². The zero-order valence-electron chi connectivity index (χ0n) is 14.1. The third kappa shape index (κ3) is 4.06. The van der Waals surface area contributed by atoms with Gasteiger partial charge in [0.1, 0.15) is 0 Å². The van der Waals surface area contributed by atoms with Gasteiger partial charge in [-0.1, -0.05) is 0 Å². The minimum absolute atomic E-state index is 0.0968. The van der Waals surface area contributed by atoms with Gasteiger partial charge in [0, 0.05) is 36.5 Å². The van der Waals surface area contributed by atoms with Gasteiger partial charge < -0.3 is 29.6 Å². The van der Waals surface area contributed by atoms with Crippen molar-refractivity contribution in [2.45, 2.75) is 6.42 Å². The first kappa shape index (κ1) is 16.8. The maximum Gasteiger partial charge on any atom is 0.231 e. The quantitative estimate of drug-likeness (QED) is 0.804. The Kier molecular flexibility index (Phi) is 5.13. The second kappa shape index (κ2) is 7.65. The van der Waals surface area contributed by atoms with Crippen molar-refractivity contribution in [1.29, 1.82) is 0 Å². The van der Waals surface area contributed by atoms with Gasteiger partial charge in [-0.3, -0.25) is 4.79 Å². The SMILES string of the molecule is COc1ccc(NC(=O)CCNc2ccc3c(c2)OCO3)cc1OC. The molecular formula is C18H20N2O5. The molecule has 7 nitrogen and oxygen atoms in total. The summed E-state index contributed by atoms with van der Waals surface area (Å²) in [6.07, 6.45) is 0.322. The maximum atomic E-state index is 12.1. The Morgan fingerprint density at radius 2 is 1.76 bits per heavy atom. The van der Waals surface area contributed by atoms with Crippen molar-refractivity contribution in [2.24, 2.45) is 0 Å². The molecule has 0 fully saturated rings. The van der Waals surface area contributed by atoms with E-state index in [-0.39, 0.29) is 12.7 Å². The van der Waals surface area contributed by atoms with E-state index in [4.69, 9.17) is 18.9 Å². The molecule has 0 aliphatic carbocycles. The first-order valence-electron chi connectivity index (χ1n) is 7.85. The number of hydrogen-bond acceptors (Lipinski definition) is 6. The van der Waals surface area contributed by atoms with E-state index in [0.29, 0.717) is 35.9 Å². The van der Waals surface area contributed by atoms with Gasteiger partial charge in [-0.05, 0) is 24.3 Å². The number of hydrogen-bond donors (Lipinski definition) is 2. The van der Waals surface area contributed by atoms with Crippen molar-refractivity contribution >= 4 is 17.3 Å². The molecule has 25 heavy (non-hydrogen) atoms. The predicted molar refractivity (Wildman–Crippen MR) is 93.8 cm³/mol. The number of fused-ring (bicyclic) bond motifs is 1. The summed E-state index contributed by atoms with van der Waals surface area (Å²) in [5, 5.41) is 6.03. The number of nitrogens with one attached hydrogen (secondary N) is 2. The van der Waals surface area contributed by atoms with Crippen LogP contribution in [0.3, 0.4) is 0 Å². The van der Waals surface area contributed by atoms with E-state index in [0.717, 1.165) is 11.4 Å². The first-order valence-corrected chi connectivity index (χ1v) is 7.85. The molecule has 3 rings (SSSR count). The van der Waals surface area contributed by atoms with E-state index in [9.17, 15) is 4.79 Å².